The highest BCUT2D eigenvalue weighted by molar-refractivity contribution is 6.27. The summed E-state index contributed by atoms with van der Waals surface area (Å²) >= 11 is 0. The van der Waals surface area contributed by atoms with Crippen LogP contribution in [0.1, 0.15) is 12.8 Å². The van der Waals surface area contributed by atoms with Crippen molar-refractivity contribution in [2.75, 3.05) is 9.80 Å². The second-order valence-electron chi connectivity index (χ2n) is 8.95. The highest BCUT2D eigenvalue weighted by atomic mass is 16.5. The summed E-state index contributed by atoms with van der Waals surface area (Å²) in [6, 6.07) is 22.8. The van der Waals surface area contributed by atoms with Gasteiger partial charge in [-0.3, -0.25) is 19.2 Å². The molecule has 8 heteroatoms. The van der Waals surface area contributed by atoms with Crippen molar-refractivity contribution in [1.82, 2.24) is 5.06 Å². The van der Waals surface area contributed by atoms with Gasteiger partial charge in [-0.25, -0.2) is 9.80 Å². The summed E-state index contributed by atoms with van der Waals surface area (Å²) in [4.78, 5) is 54.7. The van der Waals surface area contributed by atoms with Crippen molar-refractivity contribution < 1.29 is 24.4 Å². The fourth-order valence-corrected chi connectivity index (χ4v) is 5.18. The van der Waals surface area contributed by atoms with E-state index in [-0.39, 0.29) is 12.8 Å². The van der Waals surface area contributed by atoms with Gasteiger partial charge in [-0.15, -0.1) is 0 Å². The molecule has 2 saturated heterocycles. The van der Waals surface area contributed by atoms with Crippen LogP contribution >= 0.6 is 0 Å². The number of benzene rings is 4. The molecule has 0 radical (unpaired) electrons. The van der Waals surface area contributed by atoms with E-state index >= 15 is 0 Å². The molecule has 0 bridgehead atoms. The number of imide groups is 2. The van der Waals surface area contributed by atoms with Crippen molar-refractivity contribution in [1.29, 1.82) is 0 Å². The van der Waals surface area contributed by atoms with Crippen LogP contribution in [0.5, 0.6) is 0 Å². The minimum Gasteiger partial charge on any atom is -0.312 e. The quantitative estimate of drug-likeness (QED) is 0.355. The van der Waals surface area contributed by atoms with Gasteiger partial charge in [-0.1, -0.05) is 72.8 Å². The summed E-state index contributed by atoms with van der Waals surface area (Å²) < 4.78 is 0. The van der Waals surface area contributed by atoms with Crippen molar-refractivity contribution in [2.45, 2.75) is 24.9 Å². The topological polar surface area (TPSA) is 98.2 Å². The Morgan fingerprint density at radius 3 is 1.42 bits per heavy atom. The molecule has 4 aromatic rings. The van der Waals surface area contributed by atoms with E-state index in [4.69, 9.17) is 0 Å². The van der Waals surface area contributed by atoms with Gasteiger partial charge in [0.15, 0.2) is 0 Å². The molecule has 0 saturated carbocycles. The third-order valence-electron chi connectivity index (χ3n) is 6.90. The summed E-state index contributed by atoms with van der Waals surface area (Å²) in [5.74, 6) is -2.24. The molecule has 0 unspecified atom stereocenters. The lowest BCUT2D eigenvalue weighted by molar-refractivity contribution is -0.172. The minimum absolute atomic E-state index is 0.301. The zero-order valence-electron chi connectivity index (χ0n) is 19.1. The van der Waals surface area contributed by atoms with Crippen LogP contribution < -0.4 is 9.80 Å². The van der Waals surface area contributed by atoms with E-state index in [0.717, 1.165) is 31.3 Å². The third kappa shape index (κ3) is 3.30. The molecule has 4 amide bonds. The first kappa shape index (κ1) is 22.1. The number of anilines is 2. The maximum Gasteiger partial charge on any atom is 0.254 e. The number of amides is 4. The first-order valence-corrected chi connectivity index (χ1v) is 11.6. The average Bonchev–Trinajstić information content (AvgIpc) is 3.36. The Labute approximate surface area is 205 Å². The number of nitrogens with zero attached hydrogens (tertiary/aromatic N) is 3. The molecule has 6 rings (SSSR count). The van der Waals surface area contributed by atoms with Crippen LogP contribution in [0.3, 0.4) is 0 Å². The SMILES string of the molecule is O=C1C[C@H](N(O)[C@H]2CC(=O)N(c3cccc4ccccc34)C2=O)C(=O)N1c1cccc2ccccc12. The Kier molecular flexibility index (Phi) is 5.13. The Bertz CT molecular complexity index is 1450. The number of hydrogen-bond donors (Lipinski definition) is 1. The van der Waals surface area contributed by atoms with Gasteiger partial charge in [0.05, 0.1) is 24.2 Å². The van der Waals surface area contributed by atoms with E-state index in [1.165, 1.54) is 0 Å². The van der Waals surface area contributed by atoms with Gasteiger partial charge in [0.25, 0.3) is 11.8 Å². The van der Waals surface area contributed by atoms with Crippen LogP contribution in [0, 0.1) is 0 Å². The summed E-state index contributed by atoms with van der Waals surface area (Å²) in [5, 5.41) is 14.8. The molecule has 2 atom stereocenters. The average molecular weight is 479 g/mol. The smallest absolute Gasteiger partial charge is 0.254 e. The monoisotopic (exact) mass is 479 g/mol. The van der Waals surface area contributed by atoms with Crippen molar-refractivity contribution in [3.63, 3.8) is 0 Å². The van der Waals surface area contributed by atoms with Crippen molar-refractivity contribution in [3.05, 3.63) is 84.9 Å². The lowest BCUT2D eigenvalue weighted by Crippen LogP contribution is -2.49. The standard InChI is InChI=1S/C28H21N3O5/c32-25-15-23(27(34)29(25)21-13-5-9-17-7-1-3-11-19(17)21)31(36)24-16-26(33)30(28(24)35)22-14-6-10-18-8-2-4-12-20(18)22/h1-14,23-24,36H,15-16H2/t23-,24-/m0/s1. The maximum absolute atomic E-state index is 13.4. The van der Waals surface area contributed by atoms with E-state index in [1.54, 1.807) is 24.3 Å². The fourth-order valence-electron chi connectivity index (χ4n) is 5.18. The highest BCUT2D eigenvalue weighted by Crippen LogP contribution is 2.35. The first-order chi connectivity index (χ1) is 17.5. The van der Waals surface area contributed by atoms with E-state index in [0.29, 0.717) is 16.4 Å². The molecule has 0 aromatic heterocycles. The normalized spacial score (nSPS) is 20.5. The molecule has 36 heavy (non-hydrogen) atoms. The van der Waals surface area contributed by atoms with E-state index in [2.05, 4.69) is 0 Å². The van der Waals surface area contributed by atoms with Crippen LogP contribution in [0.25, 0.3) is 21.5 Å². The predicted molar refractivity (Wildman–Crippen MR) is 133 cm³/mol. The van der Waals surface area contributed by atoms with Gasteiger partial charge in [0.1, 0.15) is 12.1 Å². The second kappa shape index (κ2) is 8.37. The number of hydroxylamine groups is 2. The van der Waals surface area contributed by atoms with Gasteiger partial charge < -0.3 is 5.21 Å². The number of rotatable bonds is 4. The summed E-state index contributed by atoms with van der Waals surface area (Å²) in [6.45, 7) is 0. The van der Waals surface area contributed by atoms with Crippen LogP contribution in [0.15, 0.2) is 84.9 Å². The van der Waals surface area contributed by atoms with Gasteiger partial charge in [-0.05, 0) is 22.9 Å². The van der Waals surface area contributed by atoms with Crippen LogP contribution in [-0.2, 0) is 19.2 Å². The summed E-state index contributed by atoms with van der Waals surface area (Å²) in [7, 11) is 0. The minimum atomic E-state index is -1.27. The molecule has 2 aliphatic rings. The molecule has 2 aliphatic heterocycles. The van der Waals surface area contributed by atoms with Crippen LogP contribution in [-0.4, -0.2) is 46.0 Å². The van der Waals surface area contributed by atoms with E-state index in [1.807, 2.05) is 60.7 Å². The molecule has 178 valence electrons. The Morgan fingerprint density at radius 1 is 0.583 bits per heavy atom. The zero-order chi connectivity index (χ0) is 25.0. The Morgan fingerprint density at radius 2 is 0.972 bits per heavy atom. The third-order valence-corrected chi connectivity index (χ3v) is 6.90. The molecule has 2 fully saturated rings. The van der Waals surface area contributed by atoms with Gasteiger partial charge in [0, 0.05) is 10.8 Å². The summed E-state index contributed by atoms with van der Waals surface area (Å²) in [6.07, 6.45) is -0.602. The first-order valence-electron chi connectivity index (χ1n) is 11.6. The van der Waals surface area contributed by atoms with Crippen molar-refractivity contribution >= 4 is 56.5 Å². The number of carbonyl (C=O) groups excluding carboxylic acids is 4. The van der Waals surface area contributed by atoms with Crippen LogP contribution in [0.4, 0.5) is 11.4 Å². The lowest BCUT2D eigenvalue weighted by atomic mass is 10.1. The number of fused-ring (bicyclic) bond motifs is 2. The van der Waals surface area contributed by atoms with E-state index < -0.39 is 35.7 Å². The molecule has 0 spiro atoms. The molecule has 8 nitrogen and oxygen atoms in total. The molecular formula is C28H21N3O5. The highest BCUT2D eigenvalue weighted by Gasteiger charge is 2.51. The van der Waals surface area contributed by atoms with Gasteiger partial charge in [0.2, 0.25) is 11.8 Å². The number of hydrogen-bond acceptors (Lipinski definition) is 6. The van der Waals surface area contributed by atoms with E-state index in [9.17, 15) is 24.4 Å². The molecule has 0 aliphatic carbocycles. The zero-order valence-corrected chi connectivity index (χ0v) is 19.1. The molecule has 4 aromatic carbocycles. The van der Waals surface area contributed by atoms with Crippen molar-refractivity contribution in [3.8, 4) is 0 Å². The fraction of sp³-hybridized carbons (Fsp3) is 0.143. The van der Waals surface area contributed by atoms with Gasteiger partial charge >= 0.3 is 0 Å². The molecule has 1 N–H and O–H groups in total. The molecule has 2 heterocycles. The number of carbonyl (C=O) groups is 4. The lowest BCUT2D eigenvalue weighted by Gasteiger charge is -2.25. The van der Waals surface area contributed by atoms with Crippen LogP contribution in [0.2, 0.25) is 0 Å². The second-order valence-corrected chi connectivity index (χ2v) is 8.95. The molecular weight excluding hydrogens is 458 g/mol. The van der Waals surface area contributed by atoms with Crippen molar-refractivity contribution in [2.24, 2.45) is 0 Å². The Hall–Kier alpha value is -4.40. The maximum atomic E-state index is 13.4. The largest absolute Gasteiger partial charge is 0.312 e. The summed E-state index contributed by atoms with van der Waals surface area (Å²) in [5.41, 5.74) is 0.843. The predicted octanol–water partition coefficient (Wildman–Crippen LogP) is 3.65. The van der Waals surface area contributed by atoms with Gasteiger partial charge in [-0.2, -0.15) is 5.06 Å². The Balaban J connectivity index is 1.30.